The van der Waals surface area contributed by atoms with Crippen LogP contribution >= 0.6 is 0 Å². The molecule has 0 aromatic carbocycles. The number of anilines is 2. The molecule has 0 fully saturated rings. The summed E-state index contributed by atoms with van der Waals surface area (Å²) in [6, 6.07) is 1.47. The van der Waals surface area contributed by atoms with Crippen molar-refractivity contribution < 1.29 is 13.2 Å². The number of hydrogen-bond donors (Lipinski definition) is 2. The summed E-state index contributed by atoms with van der Waals surface area (Å²) in [6.45, 7) is 2.71. The molecule has 0 spiro atoms. The molecule has 0 amide bonds. The van der Waals surface area contributed by atoms with Crippen LogP contribution in [0.15, 0.2) is 6.07 Å². The van der Waals surface area contributed by atoms with Crippen LogP contribution in [0.1, 0.15) is 38.4 Å². The highest BCUT2D eigenvalue weighted by Crippen LogP contribution is 2.28. The van der Waals surface area contributed by atoms with E-state index in [1.54, 1.807) is 0 Å². The fourth-order valence-corrected chi connectivity index (χ4v) is 1.56. The van der Waals surface area contributed by atoms with Crippen molar-refractivity contribution in [2.45, 2.75) is 38.8 Å². The van der Waals surface area contributed by atoms with Gasteiger partial charge in [-0.2, -0.15) is 13.2 Å². The first-order chi connectivity index (χ1) is 8.97. The molecule has 0 bridgehead atoms. The largest absolute Gasteiger partial charge is 0.451 e. The summed E-state index contributed by atoms with van der Waals surface area (Å²) in [5, 5.41) is 5.50. The number of rotatable bonds is 7. The lowest BCUT2D eigenvalue weighted by atomic mass is 10.2. The van der Waals surface area contributed by atoms with Crippen LogP contribution in [0.4, 0.5) is 24.8 Å². The molecule has 1 aromatic rings. The predicted molar refractivity (Wildman–Crippen MR) is 69.2 cm³/mol. The molecule has 108 valence electrons. The minimum Gasteiger partial charge on any atom is -0.373 e. The molecule has 0 saturated heterocycles. The van der Waals surface area contributed by atoms with Crippen LogP contribution in [-0.4, -0.2) is 23.6 Å². The molecule has 0 aliphatic carbocycles. The number of halogens is 3. The number of unbranched alkanes of at least 4 members (excludes halogenated alkanes) is 3. The third-order valence-electron chi connectivity index (χ3n) is 2.57. The Balaban J connectivity index is 2.67. The third kappa shape index (κ3) is 5.32. The van der Waals surface area contributed by atoms with Crippen molar-refractivity contribution in [1.29, 1.82) is 0 Å². The maximum atomic E-state index is 12.6. The lowest BCUT2D eigenvalue weighted by Gasteiger charge is -2.11. The van der Waals surface area contributed by atoms with Crippen LogP contribution in [-0.2, 0) is 6.18 Å². The van der Waals surface area contributed by atoms with Gasteiger partial charge in [-0.15, -0.1) is 0 Å². The molecule has 0 atom stereocenters. The summed E-state index contributed by atoms with van der Waals surface area (Å²) in [6.07, 6.45) is -0.324. The Hall–Kier alpha value is -1.53. The van der Waals surface area contributed by atoms with E-state index in [9.17, 15) is 13.2 Å². The first-order valence-electron chi connectivity index (χ1n) is 6.35. The lowest BCUT2D eigenvalue weighted by Crippen LogP contribution is -2.15. The van der Waals surface area contributed by atoms with Gasteiger partial charge in [0.2, 0.25) is 5.82 Å². The van der Waals surface area contributed by atoms with Crippen molar-refractivity contribution >= 4 is 11.6 Å². The Bertz CT molecular complexity index is 393. The van der Waals surface area contributed by atoms with Crippen LogP contribution in [0.3, 0.4) is 0 Å². The molecule has 2 N–H and O–H groups in total. The molecule has 0 radical (unpaired) electrons. The van der Waals surface area contributed by atoms with Crippen LogP contribution in [0.5, 0.6) is 0 Å². The fraction of sp³-hybridized carbons (Fsp3) is 0.667. The van der Waals surface area contributed by atoms with Gasteiger partial charge in [0, 0.05) is 19.7 Å². The minimum atomic E-state index is -4.54. The van der Waals surface area contributed by atoms with E-state index in [-0.39, 0.29) is 11.6 Å². The van der Waals surface area contributed by atoms with Gasteiger partial charge in [0.1, 0.15) is 11.6 Å². The molecular weight excluding hydrogens is 257 g/mol. The summed E-state index contributed by atoms with van der Waals surface area (Å²) in [5.41, 5.74) is 0. The normalized spacial score (nSPS) is 11.4. The second-order valence-electron chi connectivity index (χ2n) is 4.20. The zero-order chi connectivity index (χ0) is 14.3. The van der Waals surface area contributed by atoms with Gasteiger partial charge in [-0.1, -0.05) is 26.2 Å². The Morgan fingerprint density at radius 3 is 2.37 bits per heavy atom. The molecule has 1 heterocycles. The summed E-state index contributed by atoms with van der Waals surface area (Å²) >= 11 is 0. The smallest absolute Gasteiger partial charge is 0.373 e. The van der Waals surface area contributed by atoms with Gasteiger partial charge in [0.05, 0.1) is 0 Å². The quantitative estimate of drug-likeness (QED) is 0.748. The van der Waals surface area contributed by atoms with Crippen LogP contribution < -0.4 is 10.6 Å². The third-order valence-corrected chi connectivity index (χ3v) is 2.57. The summed E-state index contributed by atoms with van der Waals surface area (Å²) in [7, 11) is 1.52. The average Bonchev–Trinajstić information content (AvgIpc) is 2.37. The van der Waals surface area contributed by atoms with Gasteiger partial charge in [0.15, 0.2) is 0 Å². The van der Waals surface area contributed by atoms with Gasteiger partial charge in [-0.05, 0) is 6.42 Å². The van der Waals surface area contributed by atoms with E-state index in [2.05, 4.69) is 27.5 Å². The highest BCUT2D eigenvalue weighted by molar-refractivity contribution is 5.47. The average molecular weight is 276 g/mol. The standard InChI is InChI=1S/C12H19F3N4/c1-3-4-5-6-7-17-10-8-9(16-2)18-11(19-10)12(13,14)15/h8H,3-7H2,1-2H3,(H2,16,17,18,19). The number of nitrogens with zero attached hydrogens (tertiary/aromatic N) is 2. The van der Waals surface area contributed by atoms with Crippen molar-refractivity contribution in [2.24, 2.45) is 0 Å². The van der Waals surface area contributed by atoms with Gasteiger partial charge >= 0.3 is 6.18 Å². The second-order valence-corrected chi connectivity index (χ2v) is 4.20. The van der Waals surface area contributed by atoms with Crippen molar-refractivity contribution in [3.05, 3.63) is 11.9 Å². The van der Waals surface area contributed by atoms with Gasteiger partial charge in [-0.25, -0.2) is 9.97 Å². The number of nitrogens with one attached hydrogen (secondary N) is 2. The predicted octanol–water partition coefficient (Wildman–Crippen LogP) is 3.53. The first-order valence-corrected chi connectivity index (χ1v) is 6.35. The van der Waals surface area contributed by atoms with E-state index in [0.29, 0.717) is 6.54 Å². The molecule has 0 saturated carbocycles. The van der Waals surface area contributed by atoms with Crippen molar-refractivity contribution in [1.82, 2.24) is 9.97 Å². The minimum absolute atomic E-state index is 0.151. The number of hydrogen-bond acceptors (Lipinski definition) is 4. The monoisotopic (exact) mass is 276 g/mol. The molecule has 1 aromatic heterocycles. The van der Waals surface area contributed by atoms with Crippen molar-refractivity contribution in [3.8, 4) is 0 Å². The Morgan fingerprint density at radius 1 is 1.11 bits per heavy atom. The van der Waals surface area contributed by atoms with E-state index >= 15 is 0 Å². The fourth-order valence-electron chi connectivity index (χ4n) is 1.56. The summed E-state index contributed by atoms with van der Waals surface area (Å²) in [4.78, 5) is 6.88. The maximum Gasteiger partial charge on any atom is 0.451 e. The molecular formula is C12H19F3N4. The zero-order valence-electron chi connectivity index (χ0n) is 11.1. The molecule has 7 heteroatoms. The Labute approximate surface area is 110 Å². The molecule has 4 nitrogen and oxygen atoms in total. The number of aromatic nitrogens is 2. The number of alkyl halides is 3. The van der Waals surface area contributed by atoms with E-state index in [1.807, 2.05) is 0 Å². The highest BCUT2D eigenvalue weighted by atomic mass is 19.4. The van der Waals surface area contributed by atoms with Crippen molar-refractivity contribution in [2.75, 3.05) is 24.2 Å². The Morgan fingerprint density at radius 2 is 1.79 bits per heavy atom. The second kappa shape index (κ2) is 7.16. The van der Waals surface area contributed by atoms with Crippen molar-refractivity contribution in [3.63, 3.8) is 0 Å². The SMILES string of the molecule is CCCCCCNc1cc(NC)nc(C(F)(F)F)n1. The van der Waals surface area contributed by atoms with Crippen LogP contribution in [0.2, 0.25) is 0 Å². The molecule has 0 unspecified atom stereocenters. The first kappa shape index (κ1) is 15.5. The van der Waals surface area contributed by atoms with E-state index in [0.717, 1.165) is 25.7 Å². The highest BCUT2D eigenvalue weighted by Gasteiger charge is 2.35. The van der Waals surface area contributed by atoms with E-state index in [4.69, 9.17) is 0 Å². The lowest BCUT2D eigenvalue weighted by molar-refractivity contribution is -0.144. The molecule has 19 heavy (non-hydrogen) atoms. The van der Waals surface area contributed by atoms with E-state index in [1.165, 1.54) is 13.1 Å². The summed E-state index contributed by atoms with van der Waals surface area (Å²) < 4.78 is 37.8. The summed E-state index contributed by atoms with van der Waals surface area (Å²) in [5.74, 6) is -0.781. The topological polar surface area (TPSA) is 49.8 Å². The molecule has 1 rings (SSSR count). The van der Waals surface area contributed by atoms with Gasteiger partial charge < -0.3 is 10.6 Å². The van der Waals surface area contributed by atoms with Crippen LogP contribution in [0, 0.1) is 0 Å². The van der Waals surface area contributed by atoms with Gasteiger partial charge in [0.25, 0.3) is 0 Å². The van der Waals surface area contributed by atoms with Gasteiger partial charge in [-0.3, -0.25) is 0 Å². The Kier molecular flexibility index (Phi) is 5.85. The maximum absolute atomic E-state index is 12.6. The van der Waals surface area contributed by atoms with E-state index < -0.39 is 12.0 Å². The zero-order valence-corrected chi connectivity index (χ0v) is 11.1. The molecule has 0 aliphatic rings. The molecule has 0 aliphatic heterocycles. The van der Waals surface area contributed by atoms with Crippen LogP contribution in [0.25, 0.3) is 0 Å².